The Labute approximate surface area is 161 Å². The van der Waals surface area contributed by atoms with E-state index in [4.69, 9.17) is 19.0 Å². The van der Waals surface area contributed by atoms with Gasteiger partial charge in [-0.15, -0.1) is 0 Å². The van der Waals surface area contributed by atoms with Crippen LogP contribution in [0.2, 0.25) is 6.04 Å². The lowest BCUT2D eigenvalue weighted by atomic mass is 9.76. The Balaban J connectivity index is 4.83. The van der Waals surface area contributed by atoms with E-state index >= 15 is 0 Å². The minimum Gasteiger partial charge on any atom is -0.374 e. The van der Waals surface area contributed by atoms with Crippen molar-refractivity contribution in [1.29, 1.82) is 0 Å². The van der Waals surface area contributed by atoms with Gasteiger partial charge in [-0.3, -0.25) is 19.2 Å². The van der Waals surface area contributed by atoms with Gasteiger partial charge in [0.15, 0.2) is 17.0 Å². The third kappa shape index (κ3) is 7.13. The van der Waals surface area contributed by atoms with Gasteiger partial charge in [-0.2, -0.15) is 0 Å². The Morgan fingerprint density at radius 1 is 0.926 bits per heavy atom. The Hall–Kier alpha value is -1.62. The summed E-state index contributed by atoms with van der Waals surface area (Å²) in [6.07, 6.45) is -0.0837. The summed E-state index contributed by atoms with van der Waals surface area (Å²) >= 11 is 0. The van der Waals surface area contributed by atoms with Crippen LogP contribution >= 0.6 is 0 Å². The van der Waals surface area contributed by atoms with Crippen LogP contribution < -0.4 is 11.1 Å². The molecule has 0 aliphatic carbocycles. The van der Waals surface area contributed by atoms with Crippen LogP contribution in [0.15, 0.2) is 0 Å². The van der Waals surface area contributed by atoms with Crippen LogP contribution in [0.3, 0.4) is 0 Å². The maximum Gasteiger partial charge on any atom is 0.500 e. The molecule has 0 aromatic heterocycles. The maximum atomic E-state index is 12.2. The molecular formula is C17H32N2O7Si. The second kappa shape index (κ2) is 12.0. The first-order chi connectivity index (χ1) is 12.6. The van der Waals surface area contributed by atoms with Gasteiger partial charge in [0.1, 0.15) is 0 Å². The van der Waals surface area contributed by atoms with E-state index in [1.54, 1.807) is 0 Å². The highest BCUT2D eigenvalue weighted by molar-refractivity contribution is 6.60. The molecule has 10 heteroatoms. The molecule has 3 N–H and O–H groups in total. The molecule has 0 atom stereocenters. The summed E-state index contributed by atoms with van der Waals surface area (Å²) in [6.45, 7) is 9.34. The monoisotopic (exact) mass is 404 g/mol. The lowest BCUT2D eigenvalue weighted by Gasteiger charge is -2.28. The molecule has 2 amide bonds. The number of carbonyl (C=O) groups excluding carboxylic acids is 4. The van der Waals surface area contributed by atoms with Gasteiger partial charge in [0, 0.05) is 32.4 Å². The van der Waals surface area contributed by atoms with Crippen LogP contribution in [0.25, 0.3) is 0 Å². The first kappa shape index (κ1) is 25.4. The highest BCUT2D eigenvalue weighted by atomic mass is 28.4. The second-order valence-corrected chi connectivity index (χ2v) is 8.73. The first-order valence-corrected chi connectivity index (χ1v) is 11.1. The van der Waals surface area contributed by atoms with E-state index in [1.165, 1.54) is 0 Å². The van der Waals surface area contributed by atoms with Gasteiger partial charge in [0.2, 0.25) is 11.8 Å². The van der Waals surface area contributed by atoms with Crippen molar-refractivity contribution >= 4 is 32.2 Å². The van der Waals surface area contributed by atoms with Crippen molar-refractivity contribution in [3.05, 3.63) is 0 Å². The molecule has 0 saturated carbocycles. The fourth-order valence-electron chi connectivity index (χ4n) is 2.77. The molecule has 0 aromatic rings. The molecule has 0 spiro atoms. The zero-order valence-corrected chi connectivity index (χ0v) is 17.9. The quantitative estimate of drug-likeness (QED) is 0.232. The van der Waals surface area contributed by atoms with Crippen molar-refractivity contribution in [1.82, 2.24) is 5.32 Å². The van der Waals surface area contributed by atoms with Crippen molar-refractivity contribution in [2.75, 3.05) is 26.4 Å². The Bertz CT molecular complexity index is 486. The molecule has 0 unspecified atom stereocenters. The molecule has 0 aliphatic heterocycles. The van der Waals surface area contributed by atoms with Crippen LogP contribution in [0.4, 0.5) is 0 Å². The minimum absolute atomic E-state index is 0.255. The summed E-state index contributed by atoms with van der Waals surface area (Å²) in [7, 11) is -2.80. The Morgan fingerprint density at radius 2 is 1.37 bits per heavy atom. The van der Waals surface area contributed by atoms with E-state index in [0.717, 1.165) is 13.8 Å². The van der Waals surface area contributed by atoms with E-state index in [-0.39, 0.29) is 6.54 Å². The summed E-state index contributed by atoms with van der Waals surface area (Å²) in [5.41, 5.74) is 3.11. The first-order valence-electron chi connectivity index (χ1n) is 9.12. The van der Waals surface area contributed by atoms with Crippen LogP contribution in [0.5, 0.6) is 0 Å². The second-order valence-electron chi connectivity index (χ2n) is 5.99. The molecule has 9 nitrogen and oxygen atoms in total. The zero-order chi connectivity index (χ0) is 21.1. The molecule has 27 heavy (non-hydrogen) atoms. The number of amides is 2. The fourth-order valence-corrected chi connectivity index (χ4v) is 5.38. The third-order valence-corrected chi connectivity index (χ3v) is 7.27. The molecular weight excluding hydrogens is 372 g/mol. The number of hydrogen-bond donors (Lipinski definition) is 2. The third-order valence-electron chi connectivity index (χ3n) is 4.12. The molecule has 0 rings (SSSR count). The minimum atomic E-state index is -2.80. The summed E-state index contributed by atoms with van der Waals surface area (Å²) in [5.74, 6) is -3.20. The average molecular weight is 405 g/mol. The summed E-state index contributed by atoms with van der Waals surface area (Å²) in [5, 5.41) is 2.61. The van der Waals surface area contributed by atoms with Crippen LogP contribution in [0.1, 0.15) is 47.5 Å². The number of Topliss-reactive ketones (excluding diaryl/α,β-unsaturated/α-hetero) is 2. The smallest absolute Gasteiger partial charge is 0.374 e. The molecule has 0 fully saturated rings. The number of rotatable bonds is 15. The number of carbonyl (C=O) groups is 4. The molecule has 156 valence electrons. The van der Waals surface area contributed by atoms with Gasteiger partial charge in [0.05, 0.1) is 6.42 Å². The summed E-state index contributed by atoms with van der Waals surface area (Å²) in [6, 6.07) is 0.503. The van der Waals surface area contributed by atoms with E-state index in [9.17, 15) is 19.2 Å². The molecule has 0 aromatic carbocycles. The maximum absolute atomic E-state index is 12.2. The van der Waals surface area contributed by atoms with E-state index < -0.39 is 44.0 Å². The van der Waals surface area contributed by atoms with Crippen LogP contribution in [0, 0.1) is 5.41 Å². The number of nitrogens with one attached hydrogen (secondary N) is 1. The van der Waals surface area contributed by atoms with Crippen molar-refractivity contribution in [3.63, 3.8) is 0 Å². The topological polar surface area (TPSA) is 134 Å². The van der Waals surface area contributed by atoms with Gasteiger partial charge in [-0.1, -0.05) is 0 Å². The Morgan fingerprint density at radius 3 is 1.70 bits per heavy atom. The molecule has 0 radical (unpaired) electrons. The van der Waals surface area contributed by atoms with Gasteiger partial charge in [-0.25, -0.2) is 0 Å². The predicted molar refractivity (Wildman–Crippen MR) is 101 cm³/mol. The Kier molecular flexibility index (Phi) is 11.2. The molecule has 0 aliphatic rings. The normalized spacial score (nSPS) is 11.9. The highest BCUT2D eigenvalue weighted by Crippen LogP contribution is 2.25. The molecule has 0 saturated heterocycles. The fraction of sp³-hybridized carbons (Fsp3) is 0.765. The lowest BCUT2D eigenvalue weighted by molar-refractivity contribution is -0.150. The van der Waals surface area contributed by atoms with Crippen LogP contribution in [-0.2, 0) is 32.5 Å². The van der Waals surface area contributed by atoms with Crippen LogP contribution in [-0.4, -0.2) is 58.6 Å². The van der Waals surface area contributed by atoms with Crippen molar-refractivity contribution in [2.45, 2.75) is 53.5 Å². The SMILES string of the molecule is CCO[Si](CCCNC(=O)CC(C(C)=O)(C(C)=O)C(N)=O)(OCC)OCC. The number of ketones is 2. The predicted octanol–water partition coefficient (Wildman–Crippen LogP) is 0.581. The van der Waals surface area contributed by atoms with Gasteiger partial charge in [-0.05, 0) is 41.0 Å². The number of nitrogens with two attached hydrogens (primary N) is 1. The standard InChI is InChI=1S/C17H32N2O7Si/c1-6-24-27(25-7-2,26-8-3)11-9-10-19-15(22)12-17(13(4)20,14(5)21)16(18)23/h6-12H2,1-5H3,(H2,18,23)(H,19,22). The largest absolute Gasteiger partial charge is 0.500 e. The van der Waals surface area contributed by atoms with Crippen molar-refractivity contribution in [2.24, 2.45) is 11.1 Å². The van der Waals surface area contributed by atoms with Gasteiger partial charge < -0.3 is 24.3 Å². The van der Waals surface area contributed by atoms with E-state index in [2.05, 4.69) is 5.32 Å². The van der Waals surface area contributed by atoms with Crippen molar-refractivity contribution < 1.29 is 32.5 Å². The zero-order valence-electron chi connectivity index (χ0n) is 16.9. The molecule has 0 heterocycles. The van der Waals surface area contributed by atoms with E-state index in [0.29, 0.717) is 32.3 Å². The number of hydrogen-bond acceptors (Lipinski definition) is 7. The summed E-state index contributed by atoms with van der Waals surface area (Å²) in [4.78, 5) is 47.5. The lowest BCUT2D eigenvalue weighted by Crippen LogP contribution is -2.51. The summed E-state index contributed by atoms with van der Waals surface area (Å²) < 4.78 is 17.2. The van der Waals surface area contributed by atoms with Crippen molar-refractivity contribution in [3.8, 4) is 0 Å². The van der Waals surface area contributed by atoms with Gasteiger partial charge in [0.25, 0.3) is 0 Å². The highest BCUT2D eigenvalue weighted by Gasteiger charge is 2.48. The number of primary amides is 1. The molecule has 0 bridgehead atoms. The van der Waals surface area contributed by atoms with E-state index in [1.807, 2.05) is 20.8 Å². The average Bonchev–Trinajstić information content (AvgIpc) is 2.56. The van der Waals surface area contributed by atoms with Gasteiger partial charge >= 0.3 is 8.80 Å².